The van der Waals surface area contributed by atoms with Gasteiger partial charge in [-0.2, -0.15) is 5.26 Å². The number of nitrogens with zero attached hydrogens (tertiary/aromatic N) is 1. The smallest absolute Gasteiger partial charge is 0.138 e. The van der Waals surface area contributed by atoms with E-state index in [9.17, 15) is 5.11 Å². The number of aliphatic hydroxyl groups is 1. The van der Waals surface area contributed by atoms with Gasteiger partial charge in [0.15, 0.2) is 0 Å². The quantitative estimate of drug-likeness (QED) is 0.794. The van der Waals surface area contributed by atoms with Gasteiger partial charge in [0.2, 0.25) is 0 Å². The summed E-state index contributed by atoms with van der Waals surface area (Å²) in [5.74, 6) is 0.518. The van der Waals surface area contributed by atoms with Crippen LogP contribution >= 0.6 is 22.6 Å². The molecule has 16 heavy (non-hydrogen) atoms. The Labute approximate surface area is 108 Å². The molecule has 0 aliphatic heterocycles. The van der Waals surface area contributed by atoms with Gasteiger partial charge in [-0.1, -0.05) is 6.07 Å². The Kier molecular flexibility index (Phi) is 5.52. The highest BCUT2D eigenvalue weighted by atomic mass is 127. The molecule has 1 rings (SSSR count). The van der Waals surface area contributed by atoms with Crippen molar-refractivity contribution < 1.29 is 9.84 Å². The maximum atomic E-state index is 9.47. The van der Waals surface area contributed by atoms with E-state index in [2.05, 4.69) is 34.0 Å². The van der Waals surface area contributed by atoms with Gasteiger partial charge in [0.1, 0.15) is 30.1 Å². The Morgan fingerprint density at radius 3 is 3.00 bits per heavy atom. The van der Waals surface area contributed by atoms with Crippen LogP contribution in [-0.2, 0) is 0 Å². The number of nitriles is 1. The van der Waals surface area contributed by atoms with E-state index < -0.39 is 6.10 Å². The molecule has 0 fully saturated rings. The van der Waals surface area contributed by atoms with Crippen LogP contribution in [0.15, 0.2) is 18.2 Å². The van der Waals surface area contributed by atoms with Gasteiger partial charge in [0, 0.05) is 10.1 Å². The number of nitrogens with one attached hydrogen (secondary N) is 1. The molecule has 0 aliphatic rings. The fourth-order valence-electron chi connectivity index (χ4n) is 1.21. The summed E-state index contributed by atoms with van der Waals surface area (Å²) in [6.07, 6.45) is -0.575. The maximum Gasteiger partial charge on any atom is 0.138 e. The molecule has 0 heterocycles. The van der Waals surface area contributed by atoms with Gasteiger partial charge in [-0.15, -0.1) is 0 Å². The average molecular weight is 332 g/mol. The van der Waals surface area contributed by atoms with Crippen molar-refractivity contribution in [3.05, 3.63) is 27.3 Å². The van der Waals surface area contributed by atoms with Crippen LogP contribution in [0.25, 0.3) is 0 Å². The summed E-state index contributed by atoms with van der Waals surface area (Å²) in [4.78, 5) is 0. The van der Waals surface area contributed by atoms with Crippen molar-refractivity contribution in [2.75, 3.05) is 20.2 Å². The second kappa shape index (κ2) is 6.68. The van der Waals surface area contributed by atoms with E-state index in [0.717, 1.165) is 3.57 Å². The van der Waals surface area contributed by atoms with E-state index >= 15 is 0 Å². The molecule has 0 bridgehead atoms. The molecule has 0 saturated carbocycles. The lowest BCUT2D eigenvalue weighted by Crippen LogP contribution is -2.29. The predicted molar refractivity (Wildman–Crippen MR) is 69.3 cm³/mol. The van der Waals surface area contributed by atoms with Gasteiger partial charge in [-0.25, -0.2) is 0 Å². The third kappa shape index (κ3) is 3.63. The number of ether oxygens (including phenoxy) is 1. The van der Waals surface area contributed by atoms with Crippen molar-refractivity contribution in [3.63, 3.8) is 0 Å². The molecule has 2 N–H and O–H groups in total. The summed E-state index contributed by atoms with van der Waals surface area (Å²) >= 11 is 2.08. The number of halogens is 1. The first kappa shape index (κ1) is 13.2. The van der Waals surface area contributed by atoms with Gasteiger partial charge in [-0.3, -0.25) is 0 Å². The molecule has 1 aromatic carbocycles. The molecule has 0 amide bonds. The highest BCUT2D eigenvalue weighted by molar-refractivity contribution is 14.1. The number of hydrogen-bond donors (Lipinski definition) is 2. The van der Waals surface area contributed by atoms with Gasteiger partial charge in [-0.05, 0) is 41.8 Å². The molecule has 0 aliphatic carbocycles. The second-order valence-corrected chi connectivity index (χ2v) is 4.41. The van der Waals surface area contributed by atoms with Crippen molar-refractivity contribution in [1.82, 2.24) is 5.32 Å². The first-order valence-electron chi connectivity index (χ1n) is 4.83. The van der Waals surface area contributed by atoms with E-state index in [1.165, 1.54) is 0 Å². The van der Waals surface area contributed by atoms with Crippen molar-refractivity contribution >= 4 is 22.6 Å². The molecule has 4 nitrogen and oxygen atoms in total. The zero-order chi connectivity index (χ0) is 12.0. The summed E-state index contributed by atoms with van der Waals surface area (Å²) < 4.78 is 6.25. The molecule has 0 radical (unpaired) electrons. The molecule has 0 saturated heterocycles. The minimum atomic E-state index is -0.575. The van der Waals surface area contributed by atoms with E-state index in [1.54, 1.807) is 13.1 Å². The first-order valence-corrected chi connectivity index (χ1v) is 5.91. The highest BCUT2D eigenvalue weighted by Crippen LogP contribution is 2.22. The van der Waals surface area contributed by atoms with Crippen LogP contribution in [0, 0.1) is 14.9 Å². The molecule has 1 atom stereocenters. The topological polar surface area (TPSA) is 65.3 Å². The van der Waals surface area contributed by atoms with Gasteiger partial charge in [0.25, 0.3) is 0 Å². The summed E-state index contributed by atoms with van der Waals surface area (Å²) in [7, 11) is 1.76. The SMILES string of the molecule is CNCC(O)COc1cccc(I)c1C#N. The Bertz CT molecular complexity index is 390. The standard InChI is InChI=1S/C11H13IN2O2/c1-14-6-8(15)7-16-11-4-2-3-10(12)9(11)5-13/h2-4,8,14-15H,6-7H2,1H3. The van der Waals surface area contributed by atoms with E-state index in [4.69, 9.17) is 10.00 Å². The Morgan fingerprint density at radius 2 is 2.38 bits per heavy atom. The van der Waals surface area contributed by atoms with Crippen molar-refractivity contribution in [3.8, 4) is 11.8 Å². The fraction of sp³-hybridized carbons (Fsp3) is 0.364. The number of aliphatic hydroxyl groups excluding tert-OH is 1. The number of hydrogen-bond acceptors (Lipinski definition) is 4. The molecule has 1 unspecified atom stereocenters. The zero-order valence-electron chi connectivity index (χ0n) is 8.90. The number of rotatable bonds is 5. The normalized spacial score (nSPS) is 11.9. The molecule has 1 aromatic rings. The largest absolute Gasteiger partial charge is 0.489 e. The van der Waals surface area contributed by atoms with Crippen molar-refractivity contribution in [1.29, 1.82) is 5.26 Å². The summed E-state index contributed by atoms with van der Waals surface area (Å²) in [5, 5.41) is 21.3. The van der Waals surface area contributed by atoms with Gasteiger partial charge < -0.3 is 15.2 Å². The first-order chi connectivity index (χ1) is 7.69. The lowest BCUT2D eigenvalue weighted by atomic mass is 10.2. The lowest BCUT2D eigenvalue weighted by Gasteiger charge is -2.13. The molecule has 0 aromatic heterocycles. The Hall–Kier alpha value is -0.840. The van der Waals surface area contributed by atoms with E-state index in [0.29, 0.717) is 17.9 Å². The van der Waals surface area contributed by atoms with Crippen molar-refractivity contribution in [2.24, 2.45) is 0 Å². The third-order valence-corrected chi connectivity index (χ3v) is 2.86. The molecular weight excluding hydrogens is 319 g/mol. The summed E-state index contributed by atoms with van der Waals surface area (Å²) in [6, 6.07) is 7.48. The highest BCUT2D eigenvalue weighted by Gasteiger charge is 2.09. The maximum absolute atomic E-state index is 9.47. The molecule has 0 spiro atoms. The third-order valence-electron chi connectivity index (χ3n) is 1.96. The van der Waals surface area contributed by atoms with Crippen LogP contribution in [0.2, 0.25) is 0 Å². The van der Waals surface area contributed by atoms with Crippen LogP contribution in [-0.4, -0.2) is 31.4 Å². The predicted octanol–water partition coefficient (Wildman–Crippen LogP) is 1.12. The Morgan fingerprint density at radius 1 is 1.62 bits per heavy atom. The number of benzene rings is 1. The van der Waals surface area contributed by atoms with Crippen LogP contribution in [0.5, 0.6) is 5.75 Å². The molecule has 5 heteroatoms. The minimum Gasteiger partial charge on any atom is -0.489 e. The monoisotopic (exact) mass is 332 g/mol. The van der Waals surface area contributed by atoms with Crippen LogP contribution in [0.1, 0.15) is 5.56 Å². The van der Waals surface area contributed by atoms with Crippen LogP contribution in [0.3, 0.4) is 0 Å². The molecular formula is C11H13IN2O2. The Balaban J connectivity index is 2.67. The van der Waals surface area contributed by atoms with Crippen molar-refractivity contribution in [2.45, 2.75) is 6.10 Å². The number of likely N-dealkylation sites (N-methyl/N-ethyl adjacent to an activating group) is 1. The van der Waals surface area contributed by atoms with Crippen LogP contribution in [0.4, 0.5) is 0 Å². The average Bonchev–Trinajstić information content (AvgIpc) is 2.27. The lowest BCUT2D eigenvalue weighted by molar-refractivity contribution is 0.108. The van der Waals surface area contributed by atoms with E-state index in [1.807, 2.05) is 12.1 Å². The summed E-state index contributed by atoms with van der Waals surface area (Å²) in [5.41, 5.74) is 0.514. The van der Waals surface area contributed by atoms with Crippen LogP contribution < -0.4 is 10.1 Å². The minimum absolute atomic E-state index is 0.176. The zero-order valence-corrected chi connectivity index (χ0v) is 11.1. The second-order valence-electron chi connectivity index (χ2n) is 3.25. The molecule has 86 valence electrons. The van der Waals surface area contributed by atoms with Gasteiger partial charge >= 0.3 is 0 Å². The van der Waals surface area contributed by atoms with Gasteiger partial charge in [0.05, 0.1) is 0 Å². The fourth-order valence-corrected chi connectivity index (χ4v) is 1.81. The van der Waals surface area contributed by atoms with E-state index in [-0.39, 0.29) is 6.61 Å². The summed E-state index contributed by atoms with van der Waals surface area (Å²) in [6.45, 7) is 0.640.